The Morgan fingerprint density at radius 2 is 1.79 bits per heavy atom. The van der Waals surface area contributed by atoms with E-state index in [1.165, 1.54) is 31.4 Å². The molecule has 0 saturated heterocycles. The summed E-state index contributed by atoms with van der Waals surface area (Å²) in [6.45, 7) is 1.65. The smallest absolute Gasteiger partial charge is 0.340 e. The van der Waals surface area contributed by atoms with Crippen LogP contribution < -0.4 is 0 Å². The minimum atomic E-state index is -0.793. The Kier molecular flexibility index (Phi) is 6.17. The Labute approximate surface area is 172 Å². The van der Waals surface area contributed by atoms with Gasteiger partial charge in [-0.2, -0.15) is 0 Å². The lowest BCUT2D eigenvalue weighted by Crippen LogP contribution is -2.19. The van der Waals surface area contributed by atoms with Crippen LogP contribution in [0.3, 0.4) is 0 Å². The first-order chi connectivity index (χ1) is 13.8. The zero-order chi connectivity index (χ0) is 21.1. The van der Waals surface area contributed by atoms with E-state index in [4.69, 9.17) is 21.1 Å². The van der Waals surface area contributed by atoms with E-state index in [-0.39, 0.29) is 39.1 Å². The molecule has 2 aromatic rings. The second kappa shape index (κ2) is 8.61. The Morgan fingerprint density at radius 3 is 2.41 bits per heavy atom. The zero-order valence-corrected chi connectivity index (χ0v) is 16.8. The average Bonchev–Trinajstić information content (AvgIpc) is 3.19. The van der Waals surface area contributed by atoms with Crippen LogP contribution in [0.1, 0.15) is 52.0 Å². The summed E-state index contributed by atoms with van der Waals surface area (Å²) in [5, 5.41) is 11.7. The normalized spacial score (nSPS) is 13.9. The predicted octanol–water partition coefficient (Wildman–Crippen LogP) is 5.11. The molecule has 0 atom stereocenters. The third-order valence-corrected chi connectivity index (χ3v) is 5.31. The first kappa shape index (κ1) is 20.8. The van der Waals surface area contributed by atoms with E-state index in [9.17, 15) is 19.7 Å². The van der Waals surface area contributed by atoms with Gasteiger partial charge in [0.05, 0.1) is 33.7 Å². The van der Waals surface area contributed by atoms with Gasteiger partial charge in [0.25, 0.3) is 5.69 Å². The molecular weight excluding hydrogens is 398 g/mol. The fourth-order valence-corrected chi connectivity index (χ4v) is 4.01. The maximum Gasteiger partial charge on any atom is 0.340 e. The Balaban J connectivity index is 2.29. The fourth-order valence-electron chi connectivity index (χ4n) is 3.67. The standard InChI is InChI=1S/C21H20ClNO6/c1-12-11-15(22)19(20(24)28-2)18(14-9-5-6-10-16(14)23(26)27)17(12)21(25)29-13-7-3-4-8-13/h5-6,9-11,13H,3-4,7-8H2,1-2H3. The summed E-state index contributed by atoms with van der Waals surface area (Å²) in [5.74, 6) is -1.43. The van der Waals surface area contributed by atoms with Crippen LogP contribution >= 0.6 is 11.6 Å². The van der Waals surface area contributed by atoms with E-state index >= 15 is 0 Å². The van der Waals surface area contributed by atoms with Crippen LogP contribution in [-0.4, -0.2) is 30.1 Å². The van der Waals surface area contributed by atoms with Crippen molar-refractivity contribution in [2.45, 2.75) is 38.7 Å². The van der Waals surface area contributed by atoms with Crippen molar-refractivity contribution in [3.63, 3.8) is 0 Å². The Morgan fingerprint density at radius 1 is 1.14 bits per heavy atom. The molecule has 152 valence electrons. The van der Waals surface area contributed by atoms with Crippen molar-refractivity contribution in [1.29, 1.82) is 0 Å². The summed E-state index contributed by atoms with van der Waals surface area (Å²) in [7, 11) is 1.18. The van der Waals surface area contributed by atoms with Gasteiger partial charge in [0.1, 0.15) is 6.10 Å². The van der Waals surface area contributed by atoms with Crippen molar-refractivity contribution < 1.29 is 24.0 Å². The molecule has 0 bridgehead atoms. The topological polar surface area (TPSA) is 95.7 Å². The first-order valence-corrected chi connectivity index (χ1v) is 9.59. The second-order valence-corrected chi connectivity index (χ2v) is 7.29. The number of hydrogen-bond acceptors (Lipinski definition) is 6. The third kappa shape index (κ3) is 4.10. The quantitative estimate of drug-likeness (QED) is 0.381. The third-order valence-electron chi connectivity index (χ3n) is 5.02. The number of para-hydroxylation sites is 1. The lowest BCUT2D eigenvalue weighted by atomic mass is 9.90. The van der Waals surface area contributed by atoms with Crippen LogP contribution in [0.2, 0.25) is 5.02 Å². The van der Waals surface area contributed by atoms with Crippen molar-refractivity contribution in [2.75, 3.05) is 7.11 Å². The summed E-state index contributed by atoms with van der Waals surface area (Å²) >= 11 is 6.31. The fraction of sp³-hybridized carbons (Fsp3) is 0.333. The highest BCUT2D eigenvalue weighted by molar-refractivity contribution is 6.35. The highest BCUT2D eigenvalue weighted by Gasteiger charge is 2.32. The van der Waals surface area contributed by atoms with Crippen molar-refractivity contribution in [3.05, 3.63) is 62.2 Å². The molecule has 0 N–H and O–H groups in total. The number of benzene rings is 2. The van der Waals surface area contributed by atoms with E-state index in [0.29, 0.717) is 5.56 Å². The van der Waals surface area contributed by atoms with E-state index in [1.54, 1.807) is 13.0 Å². The van der Waals surface area contributed by atoms with Crippen LogP contribution in [0.25, 0.3) is 11.1 Å². The van der Waals surface area contributed by atoms with E-state index in [0.717, 1.165) is 25.7 Å². The van der Waals surface area contributed by atoms with E-state index in [2.05, 4.69) is 0 Å². The number of aryl methyl sites for hydroxylation is 1. The minimum Gasteiger partial charge on any atom is -0.465 e. The number of rotatable bonds is 5. The van der Waals surface area contributed by atoms with Crippen molar-refractivity contribution in [2.24, 2.45) is 0 Å². The average molecular weight is 418 g/mol. The van der Waals surface area contributed by atoms with Gasteiger partial charge < -0.3 is 9.47 Å². The number of carbonyl (C=O) groups is 2. The van der Waals surface area contributed by atoms with Crippen molar-refractivity contribution in [1.82, 2.24) is 0 Å². The highest BCUT2D eigenvalue weighted by Crippen LogP contribution is 2.40. The molecule has 0 amide bonds. The molecule has 3 rings (SSSR count). The number of methoxy groups -OCH3 is 1. The SMILES string of the molecule is COC(=O)c1c(Cl)cc(C)c(C(=O)OC2CCCC2)c1-c1ccccc1[N+](=O)[O-]. The summed E-state index contributed by atoms with van der Waals surface area (Å²) in [6.07, 6.45) is 3.27. The molecule has 1 saturated carbocycles. The molecular formula is C21H20ClNO6. The van der Waals surface area contributed by atoms with Gasteiger partial charge in [-0.1, -0.05) is 23.7 Å². The Bertz CT molecular complexity index is 981. The highest BCUT2D eigenvalue weighted by atomic mass is 35.5. The number of nitro benzene ring substituents is 1. The molecule has 1 aliphatic rings. The molecule has 29 heavy (non-hydrogen) atoms. The summed E-state index contributed by atoms with van der Waals surface area (Å²) < 4.78 is 10.5. The summed E-state index contributed by atoms with van der Waals surface area (Å²) in [6, 6.07) is 7.34. The molecule has 0 aromatic heterocycles. The van der Waals surface area contributed by atoms with Gasteiger partial charge in [0.15, 0.2) is 0 Å². The number of hydrogen-bond donors (Lipinski definition) is 0. The monoisotopic (exact) mass is 417 g/mol. The van der Waals surface area contributed by atoms with Gasteiger partial charge in [-0.3, -0.25) is 10.1 Å². The molecule has 1 aliphatic carbocycles. The van der Waals surface area contributed by atoms with Crippen LogP contribution in [-0.2, 0) is 9.47 Å². The van der Waals surface area contributed by atoms with Crippen LogP contribution in [0, 0.1) is 17.0 Å². The maximum absolute atomic E-state index is 13.1. The van der Waals surface area contributed by atoms with E-state index < -0.39 is 16.9 Å². The largest absolute Gasteiger partial charge is 0.465 e. The molecule has 0 unspecified atom stereocenters. The maximum atomic E-state index is 13.1. The number of nitro groups is 1. The molecule has 0 spiro atoms. The number of ether oxygens (including phenoxy) is 2. The number of carbonyl (C=O) groups excluding carboxylic acids is 2. The molecule has 1 fully saturated rings. The molecule has 2 aromatic carbocycles. The minimum absolute atomic E-state index is 0.0416. The second-order valence-electron chi connectivity index (χ2n) is 6.88. The van der Waals surface area contributed by atoms with Gasteiger partial charge in [0, 0.05) is 11.6 Å². The van der Waals surface area contributed by atoms with Gasteiger partial charge >= 0.3 is 11.9 Å². The Hall–Kier alpha value is -2.93. The number of esters is 2. The summed E-state index contributed by atoms with van der Waals surface area (Å²) in [5.41, 5.74) is 0.329. The van der Waals surface area contributed by atoms with Crippen molar-refractivity contribution >= 4 is 29.2 Å². The first-order valence-electron chi connectivity index (χ1n) is 9.21. The lowest BCUT2D eigenvalue weighted by molar-refractivity contribution is -0.384. The van der Waals surface area contributed by atoms with Crippen LogP contribution in [0.15, 0.2) is 30.3 Å². The lowest BCUT2D eigenvalue weighted by Gasteiger charge is -2.19. The summed E-state index contributed by atoms with van der Waals surface area (Å²) in [4.78, 5) is 36.6. The molecule has 0 heterocycles. The van der Waals surface area contributed by atoms with Gasteiger partial charge in [-0.25, -0.2) is 9.59 Å². The predicted molar refractivity (Wildman–Crippen MR) is 107 cm³/mol. The number of nitrogens with zero attached hydrogens (tertiary/aromatic N) is 1. The van der Waals surface area contributed by atoms with E-state index in [1.807, 2.05) is 0 Å². The van der Waals surface area contributed by atoms with Crippen LogP contribution in [0.4, 0.5) is 5.69 Å². The molecule has 8 heteroatoms. The van der Waals surface area contributed by atoms with Gasteiger partial charge in [0.2, 0.25) is 0 Å². The van der Waals surface area contributed by atoms with Crippen molar-refractivity contribution in [3.8, 4) is 11.1 Å². The molecule has 0 aliphatic heterocycles. The van der Waals surface area contributed by atoms with Gasteiger partial charge in [-0.05, 0) is 50.3 Å². The number of halogens is 1. The van der Waals surface area contributed by atoms with Gasteiger partial charge in [-0.15, -0.1) is 0 Å². The zero-order valence-electron chi connectivity index (χ0n) is 16.1. The molecule has 0 radical (unpaired) electrons. The molecule has 7 nitrogen and oxygen atoms in total. The van der Waals surface area contributed by atoms with Crippen LogP contribution in [0.5, 0.6) is 0 Å².